The summed E-state index contributed by atoms with van der Waals surface area (Å²) in [4.78, 5) is 0. The van der Waals surface area contributed by atoms with Crippen LogP contribution in [0.1, 0.15) is 5.56 Å². The molecule has 0 radical (unpaired) electrons. The molecule has 0 saturated carbocycles. The van der Waals surface area contributed by atoms with Gasteiger partial charge in [0.1, 0.15) is 54.6 Å². The third-order valence-electron chi connectivity index (χ3n) is 5.23. The first-order valence-corrected chi connectivity index (χ1v) is 9.58. The fraction of sp³-hybridized carbons (Fsp3) is 0.684. The van der Waals surface area contributed by atoms with Crippen molar-refractivity contribution in [3.63, 3.8) is 0 Å². The number of hydrogen-bond acceptors (Lipinski definition) is 11. The Morgan fingerprint density at radius 2 is 1.30 bits per heavy atom. The normalized spacial score (nSPS) is 42.1. The lowest BCUT2D eigenvalue weighted by atomic mass is 9.97. The van der Waals surface area contributed by atoms with Gasteiger partial charge in [0.2, 0.25) is 6.29 Å². The average molecular weight is 432 g/mol. The molecule has 2 aliphatic heterocycles. The zero-order valence-corrected chi connectivity index (χ0v) is 16.3. The second-order valence-electron chi connectivity index (χ2n) is 7.44. The van der Waals surface area contributed by atoms with E-state index in [1.165, 1.54) is 0 Å². The van der Waals surface area contributed by atoms with E-state index >= 15 is 0 Å². The fourth-order valence-electron chi connectivity index (χ4n) is 3.40. The van der Waals surface area contributed by atoms with E-state index in [-0.39, 0.29) is 0 Å². The van der Waals surface area contributed by atoms with Crippen LogP contribution in [-0.4, -0.2) is 110 Å². The van der Waals surface area contributed by atoms with E-state index in [4.69, 9.17) is 18.9 Å². The minimum Gasteiger partial charge on any atom is -0.462 e. The molecule has 0 aromatic heterocycles. The Bertz CT molecular complexity index is 667. The lowest BCUT2D eigenvalue weighted by Crippen LogP contribution is -2.65. The second kappa shape index (κ2) is 9.83. The quantitative estimate of drug-likeness (QED) is 0.244. The number of hydrogen-bond donors (Lipinski definition) is 7. The molecule has 2 fully saturated rings. The van der Waals surface area contributed by atoms with Gasteiger partial charge in [-0.15, -0.1) is 0 Å². The van der Waals surface area contributed by atoms with Crippen LogP contribution in [0.4, 0.5) is 0 Å². The molecule has 0 spiro atoms. The van der Waals surface area contributed by atoms with E-state index in [1.807, 2.05) is 6.92 Å². The first-order valence-electron chi connectivity index (χ1n) is 9.58. The molecule has 2 saturated heterocycles. The zero-order chi connectivity index (χ0) is 22.0. The van der Waals surface area contributed by atoms with Crippen molar-refractivity contribution in [2.45, 2.75) is 68.3 Å². The predicted octanol–water partition coefficient (Wildman–Crippen LogP) is -3.00. The summed E-state index contributed by atoms with van der Waals surface area (Å²) in [6, 6.07) is 6.88. The first kappa shape index (κ1) is 23.3. The van der Waals surface area contributed by atoms with E-state index in [9.17, 15) is 35.7 Å². The minimum absolute atomic E-state index is 0.377. The highest BCUT2D eigenvalue weighted by Crippen LogP contribution is 2.30. The maximum absolute atomic E-state index is 10.5. The van der Waals surface area contributed by atoms with Crippen molar-refractivity contribution in [2.75, 3.05) is 13.2 Å². The third kappa shape index (κ3) is 4.75. The number of benzene rings is 1. The molecule has 10 atom stereocenters. The Morgan fingerprint density at radius 3 is 1.90 bits per heavy atom. The SMILES string of the molecule is Cc1ccc(O[C@H]2O[C@H](CO)[C@@H](OC3O[C@H](CO)[C@@H](O)[C@H](O)[C@H]3O)[C@H](O)[C@@H]2O)cc1. The highest BCUT2D eigenvalue weighted by Gasteiger charge is 2.51. The molecule has 11 nitrogen and oxygen atoms in total. The molecular weight excluding hydrogens is 404 g/mol. The van der Waals surface area contributed by atoms with Gasteiger partial charge in [0.15, 0.2) is 6.29 Å². The third-order valence-corrected chi connectivity index (χ3v) is 5.23. The van der Waals surface area contributed by atoms with Crippen LogP contribution in [0.15, 0.2) is 24.3 Å². The number of aliphatic hydroxyl groups is 7. The first-order chi connectivity index (χ1) is 14.3. The Labute approximate surface area is 172 Å². The van der Waals surface area contributed by atoms with Crippen molar-refractivity contribution in [1.29, 1.82) is 0 Å². The van der Waals surface area contributed by atoms with Gasteiger partial charge in [0.05, 0.1) is 13.2 Å². The lowest BCUT2D eigenvalue weighted by molar-refractivity contribution is -0.352. The van der Waals surface area contributed by atoms with Gasteiger partial charge in [-0.3, -0.25) is 0 Å². The van der Waals surface area contributed by atoms with E-state index in [0.717, 1.165) is 5.56 Å². The molecule has 1 aromatic rings. The van der Waals surface area contributed by atoms with Gasteiger partial charge in [0.25, 0.3) is 0 Å². The Hall–Kier alpha value is -1.38. The smallest absolute Gasteiger partial charge is 0.229 e. The summed E-state index contributed by atoms with van der Waals surface area (Å²) in [5.74, 6) is 0.377. The average Bonchev–Trinajstić information content (AvgIpc) is 2.74. The fourth-order valence-corrected chi connectivity index (χ4v) is 3.40. The van der Waals surface area contributed by atoms with Crippen molar-refractivity contribution in [1.82, 2.24) is 0 Å². The molecule has 2 heterocycles. The number of aliphatic hydroxyl groups excluding tert-OH is 7. The summed E-state index contributed by atoms with van der Waals surface area (Å²) in [5, 5.41) is 69.8. The van der Waals surface area contributed by atoms with Gasteiger partial charge in [-0.1, -0.05) is 17.7 Å². The van der Waals surface area contributed by atoms with E-state index in [1.54, 1.807) is 24.3 Å². The summed E-state index contributed by atoms with van der Waals surface area (Å²) in [7, 11) is 0. The summed E-state index contributed by atoms with van der Waals surface area (Å²) < 4.78 is 21.8. The molecular formula is C19H28O11. The van der Waals surface area contributed by atoms with Crippen molar-refractivity contribution in [3.8, 4) is 5.75 Å². The van der Waals surface area contributed by atoms with Gasteiger partial charge in [0, 0.05) is 0 Å². The van der Waals surface area contributed by atoms with E-state index in [2.05, 4.69) is 0 Å². The zero-order valence-electron chi connectivity index (χ0n) is 16.3. The molecule has 170 valence electrons. The van der Waals surface area contributed by atoms with Crippen LogP contribution in [0.25, 0.3) is 0 Å². The van der Waals surface area contributed by atoms with Crippen LogP contribution >= 0.6 is 0 Å². The van der Waals surface area contributed by atoms with Gasteiger partial charge in [-0.25, -0.2) is 0 Å². The molecule has 0 amide bonds. The second-order valence-corrected chi connectivity index (χ2v) is 7.44. The predicted molar refractivity (Wildman–Crippen MR) is 98.2 cm³/mol. The molecule has 3 rings (SSSR count). The maximum atomic E-state index is 10.5. The Balaban J connectivity index is 1.71. The van der Waals surface area contributed by atoms with Gasteiger partial charge < -0.3 is 54.7 Å². The molecule has 11 heteroatoms. The summed E-state index contributed by atoms with van der Waals surface area (Å²) in [5.41, 5.74) is 0.994. The molecule has 30 heavy (non-hydrogen) atoms. The van der Waals surface area contributed by atoms with Crippen LogP contribution in [0, 0.1) is 6.92 Å². The Morgan fingerprint density at radius 1 is 0.733 bits per heavy atom. The highest BCUT2D eigenvalue weighted by atomic mass is 16.7. The van der Waals surface area contributed by atoms with Gasteiger partial charge in [-0.05, 0) is 19.1 Å². The number of ether oxygens (including phenoxy) is 4. The van der Waals surface area contributed by atoms with Crippen molar-refractivity contribution < 1.29 is 54.7 Å². The van der Waals surface area contributed by atoms with Crippen molar-refractivity contribution in [3.05, 3.63) is 29.8 Å². The van der Waals surface area contributed by atoms with Crippen LogP contribution in [0.2, 0.25) is 0 Å². The number of rotatable bonds is 6. The van der Waals surface area contributed by atoms with Crippen LogP contribution < -0.4 is 4.74 Å². The van der Waals surface area contributed by atoms with Crippen LogP contribution in [0.3, 0.4) is 0 Å². The molecule has 1 unspecified atom stereocenters. The van der Waals surface area contributed by atoms with E-state index < -0.39 is 74.6 Å². The number of aryl methyl sites for hydroxylation is 1. The van der Waals surface area contributed by atoms with Gasteiger partial charge >= 0.3 is 0 Å². The minimum atomic E-state index is -1.71. The largest absolute Gasteiger partial charge is 0.462 e. The molecule has 0 aliphatic carbocycles. The van der Waals surface area contributed by atoms with Crippen LogP contribution in [0.5, 0.6) is 5.75 Å². The molecule has 2 aliphatic rings. The topological polar surface area (TPSA) is 179 Å². The molecule has 7 N–H and O–H groups in total. The van der Waals surface area contributed by atoms with E-state index in [0.29, 0.717) is 5.75 Å². The van der Waals surface area contributed by atoms with Crippen molar-refractivity contribution >= 4 is 0 Å². The van der Waals surface area contributed by atoms with Gasteiger partial charge in [-0.2, -0.15) is 0 Å². The summed E-state index contributed by atoms with van der Waals surface area (Å²) >= 11 is 0. The molecule has 1 aromatic carbocycles. The monoisotopic (exact) mass is 432 g/mol. The Kier molecular flexibility index (Phi) is 7.63. The summed E-state index contributed by atoms with van der Waals surface area (Å²) in [6.07, 6.45) is -14.8. The lowest BCUT2D eigenvalue weighted by Gasteiger charge is -2.45. The highest BCUT2D eigenvalue weighted by molar-refractivity contribution is 5.26. The maximum Gasteiger partial charge on any atom is 0.229 e. The summed E-state index contributed by atoms with van der Waals surface area (Å²) in [6.45, 7) is 0.606. The standard InChI is InChI=1S/C19H28O11/c1-8-2-4-9(5-3-8)27-18-16(26)14(24)17(11(7-21)29-18)30-19-15(25)13(23)12(22)10(6-20)28-19/h2-5,10-26H,6-7H2,1H3/t10-,11-,12-,13+,14-,15-,16+,17-,18+,19?/m1/s1. The van der Waals surface area contributed by atoms with Crippen LogP contribution in [-0.2, 0) is 14.2 Å². The molecule has 0 bridgehead atoms. The van der Waals surface area contributed by atoms with Crippen molar-refractivity contribution in [2.24, 2.45) is 0 Å².